The number of rotatable bonds is 7. The van der Waals surface area contributed by atoms with Gasteiger partial charge in [0, 0.05) is 18.4 Å². The molecule has 0 aliphatic heterocycles. The number of hydrogen-bond donors (Lipinski definition) is 1. The fourth-order valence-electron chi connectivity index (χ4n) is 3.00. The molecule has 29 heavy (non-hydrogen) atoms. The van der Waals surface area contributed by atoms with Gasteiger partial charge in [-0.05, 0) is 30.2 Å². The van der Waals surface area contributed by atoms with Crippen molar-refractivity contribution in [3.05, 3.63) is 114 Å². The molecule has 144 valence electrons. The molecule has 0 fully saturated rings. The molecule has 0 radical (unpaired) electrons. The summed E-state index contributed by atoms with van der Waals surface area (Å²) in [5.41, 5.74) is 3.05. The first-order chi connectivity index (χ1) is 14.2. The van der Waals surface area contributed by atoms with Gasteiger partial charge in [0.1, 0.15) is 11.6 Å². The quantitative estimate of drug-likeness (QED) is 0.464. The van der Waals surface area contributed by atoms with E-state index in [-0.39, 0.29) is 11.6 Å². The van der Waals surface area contributed by atoms with Crippen molar-refractivity contribution in [2.75, 3.05) is 4.90 Å². The Bertz CT molecular complexity index is 993. The van der Waals surface area contributed by atoms with Gasteiger partial charge in [0.25, 0.3) is 5.91 Å². The van der Waals surface area contributed by atoms with Gasteiger partial charge in [0.2, 0.25) is 0 Å². The number of nitrogens with one attached hydrogen (secondary N) is 1. The molecule has 3 aromatic carbocycles. The first-order valence-corrected chi connectivity index (χ1v) is 9.50. The molecule has 0 saturated carbocycles. The van der Waals surface area contributed by atoms with Gasteiger partial charge in [-0.25, -0.2) is 0 Å². The highest BCUT2D eigenvalue weighted by Crippen LogP contribution is 2.19. The molecule has 1 N–H and O–H groups in total. The Kier molecular flexibility index (Phi) is 6.80. The van der Waals surface area contributed by atoms with Gasteiger partial charge < -0.3 is 10.2 Å². The van der Waals surface area contributed by atoms with E-state index in [1.807, 2.05) is 103 Å². The van der Waals surface area contributed by atoms with Gasteiger partial charge in [0.15, 0.2) is 0 Å². The van der Waals surface area contributed by atoms with E-state index in [1.165, 1.54) is 0 Å². The van der Waals surface area contributed by atoms with E-state index < -0.39 is 5.91 Å². The molecule has 0 heterocycles. The number of carbonyl (C=O) groups is 1. The predicted octanol–water partition coefficient (Wildman–Crippen LogP) is 4.98. The van der Waals surface area contributed by atoms with Crippen molar-refractivity contribution in [3.63, 3.8) is 0 Å². The standard InChI is InChI=1S/C25H23N3O/c1-20(22-13-7-3-8-14-22)27-25(29)23(17-26)19-28(24-15-9-4-10-16-24)18-21-11-5-2-6-12-21/h2-16,19-20H,18H2,1H3,(H,27,29)/b23-19-. The number of anilines is 1. The Labute approximate surface area is 171 Å². The molecule has 0 bridgehead atoms. The van der Waals surface area contributed by atoms with Crippen molar-refractivity contribution in [1.29, 1.82) is 5.26 Å². The summed E-state index contributed by atoms with van der Waals surface area (Å²) >= 11 is 0. The van der Waals surface area contributed by atoms with Crippen LogP contribution >= 0.6 is 0 Å². The first-order valence-electron chi connectivity index (χ1n) is 9.50. The highest BCUT2D eigenvalue weighted by atomic mass is 16.1. The van der Waals surface area contributed by atoms with E-state index in [0.717, 1.165) is 16.8 Å². The minimum Gasteiger partial charge on any atom is -0.345 e. The van der Waals surface area contributed by atoms with Crippen LogP contribution in [0.5, 0.6) is 0 Å². The number of nitrogens with zero attached hydrogens (tertiary/aromatic N) is 2. The first kappa shape index (κ1) is 19.9. The molecule has 4 heteroatoms. The number of nitriles is 1. The Morgan fingerprint density at radius 3 is 2.10 bits per heavy atom. The Morgan fingerprint density at radius 2 is 1.52 bits per heavy atom. The topological polar surface area (TPSA) is 56.1 Å². The zero-order valence-corrected chi connectivity index (χ0v) is 16.3. The van der Waals surface area contributed by atoms with E-state index >= 15 is 0 Å². The number of carbonyl (C=O) groups excluding carboxylic acids is 1. The van der Waals surface area contributed by atoms with Crippen molar-refractivity contribution in [1.82, 2.24) is 5.32 Å². The Hall–Kier alpha value is -3.84. The molecule has 0 spiro atoms. The summed E-state index contributed by atoms with van der Waals surface area (Å²) in [5, 5.41) is 12.5. The molecule has 3 aromatic rings. The van der Waals surface area contributed by atoms with Crippen LogP contribution in [-0.2, 0) is 11.3 Å². The van der Waals surface area contributed by atoms with Crippen molar-refractivity contribution >= 4 is 11.6 Å². The molecule has 1 atom stereocenters. The van der Waals surface area contributed by atoms with Crippen LogP contribution in [0.25, 0.3) is 0 Å². The summed E-state index contributed by atoms with van der Waals surface area (Å²) in [6.45, 7) is 2.46. The van der Waals surface area contributed by atoms with Gasteiger partial charge in [-0.3, -0.25) is 4.79 Å². The molecule has 4 nitrogen and oxygen atoms in total. The van der Waals surface area contributed by atoms with Gasteiger partial charge >= 0.3 is 0 Å². The number of para-hydroxylation sites is 1. The van der Waals surface area contributed by atoms with Crippen LogP contribution in [-0.4, -0.2) is 5.91 Å². The molecule has 0 aliphatic rings. The summed E-state index contributed by atoms with van der Waals surface area (Å²) < 4.78 is 0. The van der Waals surface area contributed by atoms with E-state index in [2.05, 4.69) is 11.4 Å². The monoisotopic (exact) mass is 381 g/mol. The average molecular weight is 381 g/mol. The van der Waals surface area contributed by atoms with Crippen molar-refractivity contribution in [3.8, 4) is 6.07 Å². The van der Waals surface area contributed by atoms with Crippen LogP contribution < -0.4 is 10.2 Å². The van der Waals surface area contributed by atoms with E-state index in [0.29, 0.717) is 6.54 Å². The average Bonchev–Trinajstić information content (AvgIpc) is 2.78. The lowest BCUT2D eigenvalue weighted by Gasteiger charge is -2.22. The summed E-state index contributed by atoms with van der Waals surface area (Å²) in [7, 11) is 0. The molecular formula is C25H23N3O. The van der Waals surface area contributed by atoms with E-state index in [1.54, 1.807) is 6.20 Å². The van der Waals surface area contributed by atoms with Crippen LogP contribution in [0.1, 0.15) is 24.1 Å². The second-order valence-corrected chi connectivity index (χ2v) is 6.71. The van der Waals surface area contributed by atoms with Crippen LogP contribution in [0.4, 0.5) is 5.69 Å². The fourth-order valence-corrected chi connectivity index (χ4v) is 3.00. The zero-order valence-electron chi connectivity index (χ0n) is 16.3. The normalized spacial score (nSPS) is 11.9. The van der Waals surface area contributed by atoms with Gasteiger partial charge in [0.05, 0.1) is 6.04 Å². The number of amides is 1. The molecule has 3 rings (SSSR count). The van der Waals surface area contributed by atoms with Gasteiger partial charge in [-0.2, -0.15) is 5.26 Å². The predicted molar refractivity (Wildman–Crippen MR) is 116 cm³/mol. The minimum atomic E-state index is -0.391. The van der Waals surface area contributed by atoms with Crippen LogP contribution in [0.15, 0.2) is 103 Å². The second-order valence-electron chi connectivity index (χ2n) is 6.71. The van der Waals surface area contributed by atoms with Gasteiger partial charge in [-0.1, -0.05) is 78.9 Å². The van der Waals surface area contributed by atoms with Crippen LogP contribution in [0.3, 0.4) is 0 Å². The Balaban J connectivity index is 1.84. The fraction of sp³-hybridized carbons (Fsp3) is 0.120. The van der Waals surface area contributed by atoms with Crippen LogP contribution in [0.2, 0.25) is 0 Å². The van der Waals surface area contributed by atoms with Gasteiger partial charge in [-0.15, -0.1) is 0 Å². The Morgan fingerprint density at radius 1 is 0.966 bits per heavy atom. The maximum atomic E-state index is 12.7. The van der Waals surface area contributed by atoms with Crippen LogP contribution in [0, 0.1) is 11.3 Å². The van der Waals surface area contributed by atoms with E-state index in [4.69, 9.17) is 0 Å². The SMILES string of the molecule is CC(NC(=O)/C(C#N)=C\N(Cc1ccccc1)c1ccccc1)c1ccccc1. The van der Waals surface area contributed by atoms with Crippen molar-refractivity contribution in [2.24, 2.45) is 0 Å². The maximum Gasteiger partial charge on any atom is 0.263 e. The number of benzene rings is 3. The summed E-state index contributed by atoms with van der Waals surface area (Å²) in [4.78, 5) is 14.7. The largest absolute Gasteiger partial charge is 0.345 e. The second kappa shape index (κ2) is 9.91. The van der Waals surface area contributed by atoms with Crippen molar-refractivity contribution < 1.29 is 4.79 Å². The smallest absolute Gasteiger partial charge is 0.263 e. The molecule has 1 amide bonds. The lowest BCUT2D eigenvalue weighted by atomic mass is 10.1. The highest BCUT2D eigenvalue weighted by molar-refractivity contribution is 5.97. The maximum absolute atomic E-state index is 12.7. The van der Waals surface area contributed by atoms with E-state index in [9.17, 15) is 10.1 Å². The highest BCUT2D eigenvalue weighted by Gasteiger charge is 2.16. The summed E-state index contributed by atoms with van der Waals surface area (Å²) in [5.74, 6) is -0.391. The third-order valence-corrected chi connectivity index (χ3v) is 4.58. The summed E-state index contributed by atoms with van der Waals surface area (Å²) in [6.07, 6.45) is 1.62. The third kappa shape index (κ3) is 5.57. The number of hydrogen-bond acceptors (Lipinski definition) is 3. The summed E-state index contributed by atoms with van der Waals surface area (Å²) in [6, 6.07) is 31.2. The molecule has 0 aromatic heterocycles. The molecular weight excluding hydrogens is 358 g/mol. The van der Waals surface area contributed by atoms with Crippen molar-refractivity contribution in [2.45, 2.75) is 19.5 Å². The molecule has 0 aliphatic carbocycles. The molecule has 0 saturated heterocycles. The lowest BCUT2D eigenvalue weighted by Crippen LogP contribution is -2.29. The minimum absolute atomic E-state index is 0.0626. The zero-order chi connectivity index (χ0) is 20.5. The third-order valence-electron chi connectivity index (χ3n) is 4.58. The lowest BCUT2D eigenvalue weighted by molar-refractivity contribution is -0.117. The molecule has 1 unspecified atom stereocenters.